The van der Waals surface area contributed by atoms with Gasteiger partial charge in [0, 0.05) is 14.1 Å². The molecule has 0 aliphatic rings. The van der Waals surface area contributed by atoms with Crippen LogP contribution in [-0.2, 0) is 11.3 Å². The maximum atomic E-state index is 10.3. The fourth-order valence-corrected chi connectivity index (χ4v) is 0.776. The van der Waals surface area contributed by atoms with E-state index in [-0.39, 0.29) is 12.5 Å². The molecule has 1 aromatic heterocycles. The zero-order valence-electron chi connectivity index (χ0n) is 7.43. The molecule has 7 heteroatoms. The average molecular weight is 185 g/mol. The summed E-state index contributed by atoms with van der Waals surface area (Å²) >= 11 is 0. The van der Waals surface area contributed by atoms with Gasteiger partial charge < -0.3 is 15.7 Å². The Kier molecular flexibility index (Phi) is 2.36. The molecule has 0 radical (unpaired) electrons. The van der Waals surface area contributed by atoms with E-state index in [0.717, 1.165) is 4.68 Å². The molecule has 72 valence electrons. The van der Waals surface area contributed by atoms with E-state index in [1.807, 2.05) is 0 Å². The zero-order chi connectivity index (χ0) is 10.0. The predicted octanol–water partition coefficient (Wildman–Crippen LogP) is -0.989. The summed E-state index contributed by atoms with van der Waals surface area (Å²) in [5.74, 6) is -0.494. The number of rotatable bonds is 3. The van der Waals surface area contributed by atoms with Crippen molar-refractivity contribution in [1.82, 2.24) is 14.8 Å². The molecular formula is C6H11N5O2. The number of carboxylic acids is 1. The molecule has 0 aliphatic carbocycles. The number of nitrogen functional groups attached to an aromatic ring is 1. The average Bonchev–Trinajstić information content (AvgIpc) is 2.31. The summed E-state index contributed by atoms with van der Waals surface area (Å²) in [6, 6.07) is 0. The second-order valence-electron chi connectivity index (χ2n) is 2.72. The van der Waals surface area contributed by atoms with Gasteiger partial charge in [0.15, 0.2) is 0 Å². The Hall–Kier alpha value is -1.79. The highest BCUT2D eigenvalue weighted by atomic mass is 16.4. The summed E-state index contributed by atoms with van der Waals surface area (Å²) in [6.07, 6.45) is 0. The Morgan fingerprint density at radius 3 is 2.69 bits per heavy atom. The molecule has 0 aromatic carbocycles. The van der Waals surface area contributed by atoms with E-state index in [2.05, 4.69) is 10.1 Å². The minimum atomic E-state index is -0.998. The van der Waals surface area contributed by atoms with Gasteiger partial charge in [-0.2, -0.15) is 4.98 Å². The largest absolute Gasteiger partial charge is 0.480 e. The Bertz CT molecular complexity index is 319. The molecule has 1 aromatic rings. The lowest BCUT2D eigenvalue weighted by molar-refractivity contribution is -0.137. The second kappa shape index (κ2) is 3.30. The first-order valence-electron chi connectivity index (χ1n) is 3.60. The van der Waals surface area contributed by atoms with Gasteiger partial charge in [0.25, 0.3) is 0 Å². The Morgan fingerprint density at radius 2 is 2.31 bits per heavy atom. The molecule has 0 aliphatic heterocycles. The molecule has 0 spiro atoms. The van der Waals surface area contributed by atoms with E-state index in [1.54, 1.807) is 19.0 Å². The number of aliphatic carboxylic acids is 1. The van der Waals surface area contributed by atoms with Crippen molar-refractivity contribution < 1.29 is 9.90 Å². The number of nitrogens with zero attached hydrogens (tertiary/aromatic N) is 4. The van der Waals surface area contributed by atoms with Crippen molar-refractivity contribution in [2.24, 2.45) is 0 Å². The van der Waals surface area contributed by atoms with Crippen LogP contribution in [0.4, 0.5) is 11.9 Å². The van der Waals surface area contributed by atoms with Crippen LogP contribution in [0.1, 0.15) is 0 Å². The lowest BCUT2D eigenvalue weighted by Crippen LogP contribution is -2.14. The molecule has 1 rings (SSSR count). The Morgan fingerprint density at radius 1 is 1.69 bits per heavy atom. The van der Waals surface area contributed by atoms with Crippen LogP contribution in [0.2, 0.25) is 0 Å². The van der Waals surface area contributed by atoms with Gasteiger partial charge in [-0.15, -0.1) is 5.10 Å². The van der Waals surface area contributed by atoms with Crippen LogP contribution >= 0.6 is 0 Å². The summed E-state index contributed by atoms with van der Waals surface area (Å²) in [5.41, 5.74) is 5.43. The molecule has 0 bridgehead atoms. The maximum absolute atomic E-state index is 10.3. The molecule has 1 heterocycles. The fraction of sp³-hybridized carbons (Fsp3) is 0.500. The molecule has 0 saturated heterocycles. The minimum absolute atomic E-state index is 0.103. The van der Waals surface area contributed by atoms with Gasteiger partial charge in [-0.05, 0) is 0 Å². The summed E-state index contributed by atoms with van der Waals surface area (Å²) in [7, 11) is 3.50. The van der Waals surface area contributed by atoms with Crippen molar-refractivity contribution in [3.8, 4) is 0 Å². The highest BCUT2D eigenvalue weighted by molar-refractivity contribution is 5.66. The summed E-state index contributed by atoms with van der Waals surface area (Å²) in [4.78, 5) is 15.8. The van der Waals surface area contributed by atoms with E-state index < -0.39 is 5.97 Å². The molecule has 0 amide bonds. The first-order valence-corrected chi connectivity index (χ1v) is 3.60. The van der Waals surface area contributed by atoms with Gasteiger partial charge >= 0.3 is 5.97 Å². The number of anilines is 2. The smallest absolute Gasteiger partial charge is 0.325 e. The lowest BCUT2D eigenvalue weighted by atomic mass is 10.7. The molecule has 0 saturated carbocycles. The van der Waals surface area contributed by atoms with Gasteiger partial charge in [0.2, 0.25) is 11.9 Å². The third-order valence-corrected chi connectivity index (χ3v) is 1.37. The number of carbonyl (C=O) groups is 1. The van der Waals surface area contributed by atoms with Crippen molar-refractivity contribution >= 4 is 17.9 Å². The predicted molar refractivity (Wildman–Crippen MR) is 46.4 cm³/mol. The van der Waals surface area contributed by atoms with Gasteiger partial charge in [0.1, 0.15) is 6.54 Å². The van der Waals surface area contributed by atoms with Crippen LogP contribution in [0.25, 0.3) is 0 Å². The van der Waals surface area contributed by atoms with Gasteiger partial charge in [-0.1, -0.05) is 0 Å². The van der Waals surface area contributed by atoms with Crippen molar-refractivity contribution in [2.45, 2.75) is 6.54 Å². The lowest BCUT2D eigenvalue weighted by Gasteiger charge is -2.03. The number of nitrogens with two attached hydrogens (primary N) is 1. The molecule has 3 N–H and O–H groups in total. The van der Waals surface area contributed by atoms with E-state index in [0.29, 0.717) is 5.95 Å². The molecule has 7 nitrogen and oxygen atoms in total. The van der Waals surface area contributed by atoms with Gasteiger partial charge in [-0.3, -0.25) is 4.79 Å². The summed E-state index contributed by atoms with van der Waals surface area (Å²) in [5, 5.41) is 12.4. The monoisotopic (exact) mass is 185 g/mol. The fourth-order valence-electron chi connectivity index (χ4n) is 0.776. The van der Waals surface area contributed by atoms with Crippen LogP contribution in [0, 0.1) is 0 Å². The molecule has 0 unspecified atom stereocenters. The maximum Gasteiger partial charge on any atom is 0.325 e. The van der Waals surface area contributed by atoms with Gasteiger partial charge in [-0.25, -0.2) is 4.68 Å². The first-order chi connectivity index (χ1) is 6.00. The van der Waals surface area contributed by atoms with E-state index in [1.165, 1.54) is 0 Å². The summed E-state index contributed by atoms with van der Waals surface area (Å²) in [6.45, 7) is -0.271. The summed E-state index contributed by atoms with van der Waals surface area (Å²) < 4.78 is 1.14. The molecule has 0 atom stereocenters. The van der Waals surface area contributed by atoms with Crippen molar-refractivity contribution in [2.75, 3.05) is 24.7 Å². The number of carboxylic acid groups (broad SMARTS) is 1. The van der Waals surface area contributed by atoms with Crippen LogP contribution in [-0.4, -0.2) is 39.9 Å². The second-order valence-corrected chi connectivity index (χ2v) is 2.72. The van der Waals surface area contributed by atoms with Gasteiger partial charge in [0.05, 0.1) is 0 Å². The van der Waals surface area contributed by atoms with Crippen LogP contribution in [0.15, 0.2) is 0 Å². The molecular weight excluding hydrogens is 174 g/mol. The molecule has 13 heavy (non-hydrogen) atoms. The highest BCUT2D eigenvalue weighted by Gasteiger charge is 2.10. The number of hydrogen-bond donors (Lipinski definition) is 2. The Balaban J connectivity index is 2.89. The van der Waals surface area contributed by atoms with Crippen LogP contribution in [0.3, 0.4) is 0 Å². The normalized spacial score (nSPS) is 10.0. The highest BCUT2D eigenvalue weighted by Crippen LogP contribution is 2.06. The van der Waals surface area contributed by atoms with Crippen LogP contribution in [0.5, 0.6) is 0 Å². The standard InChI is InChI=1S/C6H11N5O2/c1-10(2)6-8-5(7)11(9-6)3-4(12)13/h3H2,1-2H3,(H,12,13)(H2,7,8,9). The van der Waals surface area contributed by atoms with Crippen molar-refractivity contribution in [3.05, 3.63) is 0 Å². The first kappa shape index (κ1) is 9.30. The van der Waals surface area contributed by atoms with Crippen molar-refractivity contribution in [3.63, 3.8) is 0 Å². The van der Waals surface area contributed by atoms with Crippen LogP contribution < -0.4 is 10.6 Å². The van der Waals surface area contributed by atoms with E-state index in [9.17, 15) is 4.79 Å². The minimum Gasteiger partial charge on any atom is -0.480 e. The van der Waals surface area contributed by atoms with Crippen molar-refractivity contribution in [1.29, 1.82) is 0 Å². The zero-order valence-corrected chi connectivity index (χ0v) is 7.43. The number of aromatic nitrogens is 3. The Labute approximate surface area is 74.8 Å². The SMILES string of the molecule is CN(C)c1nc(N)n(CC(=O)O)n1. The van der Waals surface area contributed by atoms with E-state index >= 15 is 0 Å². The van der Waals surface area contributed by atoms with E-state index in [4.69, 9.17) is 10.8 Å². The number of hydrogen-bond acceptors (Lipinski definition) is 5. The molecule has 0 fully saturated rings. The third kappa shape index (κ3) is 2.08. The quantitative estimate of drug-likeness (QED) is 0.627. The topological polar surface area (TPSA) is 97.3 Å². The third-order valence-electron chi connectivity index (χ3n) is 1.37.